The maximum absolute atomic E-state index is 13.0. The van der Waals surface area contributed by atoms with Gasteiger partial charge in [-0.1, -0.05) is 13.3 Å². The highest BCUT2D eigenvalue weighted by atomic mass is 19.2. The Morgan fingerprint density at radius 2 is 1.79 bits per heavy atom. The van der Waals surface area contributed by atoms with Crippen LogP contribution in [0.2, 0.25) is 0 Å². The van der Waals surface area contributed by atoms with Crippen LogP contribution in [0.25, 0.3) is 0 Å². The normalized spacial score (nSPS) is 11.4. The number of rotatable bonds is 11. The molecule has 1 rings (SSSR count). The number of guanidine groups is 1. The maximum Gasteiger partial charge on any atom is 0.191 e. The average Bonchev–Trinajstić information content (AvgIpc) is 2.59. The van der Waals surface area contributed by atoms with E-state index in [1.54, 1.807) is 7.05 Å². The zero-order chi connectivity index (χ0) is 17.6. The Hall–Kier alpha value is -1.89. The summed E-state index contributed by atoms with van der Waals surface area (Å²) in [6.45, 7) is 5.23. The van der Waals surface area contributed by atoms with Crippen LogP contribution in [0.1, 0.15) is 26.2 Å². The molecule has 0 aliphatic heterocycles. The molecule has 7 heteroatoms. The summed E-state index contributed by atoms with van der Waals surface area (Å²) in [4.78, 5) is 4.09. The van der Waals surface area contributed by atoms with Crippen LogP contribution in [0.3, 0.4) is 0 Å². The zero-order valence-corrected chi connectivity index (χ0v) is 14.4. The van der Waals surface area contributed by atoms with Crippen molar-refractivity contribution in [2.24, 2.45) is 4.99 Å². The minimum Gasteiger partial charge on any atom is -0.492 e. The van der Waals surface area contributed by atoms with Gasteiger partial charge in [0.2, 0.25) is 0 Å². The number of aliphatic imine (C=N–C) groups is 1. The number of unbranched alkanes of at least 4 members (excludes halogenated alkanes) is 1. The van der Waals surface area contributed by atoms with Gasteiger partial charge in [-0.05, 0) is 25.0 Å². The van der Waals surface area contributed by atoms with Crippen LogP contribution >= 0.6 is 0 Å². The topological polar surface area (TPSA) is 54.9 Å². The van der Waals surface area contributed by atoms with E-state index in [1.807, 2.05) is 0 Å². The van der Waals surface area contributed by atoms with E-state index in [0.717, 1.165) is 51.2 Å². The first-order valence-electron chi connectivity index (χ1n) is 8.27. The lowest BCUT2D eigenvalue weighted by molar-refractivity contribution is 0.129. The summed E-state index contributed by atoms with van der Waals surface area (Å²) in [5.41, 5.74) is 0. The summed E-state index contributed by atoms with van der Waals surface area (Å²) in [5.74, 6) is -0.844. The van der Waals surface area contributed by atoms with Crippen molar-refractivity contribution >= 4 is 5.96 Å². The average molecular weight is 343 g/mol. The lowest BCUT2D eigenvalue weighted by Gasteiger charge is -2.12. The number of halogens is 2. The summed E-state index contributed by atoms with van der Waals surface area (Å²) < 4.78 is 36.7. The molecule has 0 radical (unpaired) electrons. The summed E-state index contributed by atoms with van der Waals surface area (Å²) in [7, 11) is 1.68. The molecule has 0 atom stereocenters. The number of nitrogens with one attached hydrogen (secondary N) is 2. The summed E-state index contributed by atoms with van der Waals surface area (Å²) >= 11 is 0. The molecule has 1 aromatic rings. The third-order valence-electron chi connectivity index (χ3n) is 3.18. The van der Waals surface area contributed by atoms with Crippen LogP contribution in [0.5, 0.6) is 5.75 Å². The lowest BCUT2D eigenvalue weighted by atomic mass is 10.3. The van der Waals surface area contributed by atoms with Crippen molar-refractivity contribution in [3.05, 3.63) is 29.8 Å². The molecule has 0 aliphatic rings. The molecule has 136 valence electrons. The Labute approximate surface area is 142 Å². The van der Waals surface area contributed by atoms with Crippen molar-refractivity contribution in [1.29, 1.82) is 0 Å². The Morgan fingerprint density at radius 3 is 2.50 bits per heavy atom. The number of hydrogen-bond donors (Lipinski definition) is 2. The fourth-order valence-corrected chi connectivity index (χ4v) is 1.86. The molecule has 0 amide bonds. The van der Waals surface area contributed by atoms with Crippen LogP contribution < -0.4 is 15.4 Å². The largest absolute Gasteiger partial charge is 0.492 e. The minimum atomic E-state index is -0.918. The molecule has 0 bridgehead atoms. The Bertz CT molecular complexity index is 499. The van der Waals surface area contributed by atoms with Crippen molar-refractivity contribution in [2.75, 3.05) is 40.0 Å². The fraction of sp³-hybridized carbons (Fsp3) is 0.588. The van der Waals surface area contributed by atoms with E-state index in [2.05, 4.69) is 22.5 Å². The molecule has 1 aromatic carbocycles. The molecular formula is C17H27F2N3O2. The molecular weight excluding hydrogens is 316 g/mol. The fourth-order valence-electron chi connectivity index (χ4n) is 1.86. The third-order valence-corrected chi connectivity index (χ3v) is 3.18. The monoisotopic (exact) mass is 343 g/mol. The number of benzene rings is 1. The van der Waals surface area contributed by atoms with E-state index in [4.69, 9.17) is 9.47 Å². The van der Waals surface area contributed by atoms with E-state index < -0.39 is 11.6 Å². The third kappa shape index (κ3) is 8.67. The predicted octanol–water partition coefficient (Wildman–Crippen LogP) is 2.72. The summed E-state index contributed by atoms with van der Waals surface area (Å²) in [6.07, 6.45) is 3.13. The minimum absolute atomic E-state index is 0.294. The van der Waals surface area contributed by atoms with Crippen molar-refractivity contribution in [3.63, 3.8) is 0 Å². The second-order valence-electron chi connectivity index (χ2n) is 5.17. The zero-order valence-electron chi connectivity index (χ0n) is 14.4. The van der Waals surface area contributed by atoms with Gasteiger partial charge in [0.15, 0.2) is 17.6 Å². The van der Waals surface area contributed by atoms with Crippen LogP contribution in [0.15, 0.2) is 23.2 Å². The van der Waals surface area contributed by atoms with Crippen molar-refractivity contribution < 1.29 is 18.3 Å². The van der Waals surface area contributed by atoms with Crippen molar-refractivity contribution in [1.82, 2.24) is 10.6 Å². The van der Waals surface area contributed by atoms with Gasteiger partial charge in [0.05, 0.1) is 6.54 Å². The Kier molecular flexibility index (Phi) is 10.5. The van der Waals surface area contributed by atoms with Gasteiger partial charge >= 0.3 is 0 Å². The highest BCUT2D eigenvalue weighted by Crippen LogP contribution is 2.14. The van der Waals surface area contributed by atoms with E-state index in [-0.39, 0.29) is 0 Å². The van der Waals surface area contributed by atoms with Crippen LogP contribution in [0.4, 0.5) is 8.78 Å². The summed E-state index contributed by atoms with van der Waals surface area (Å²) in [5, 5.41) is 6.25. The molecule has 5 nitrogen and oxygen atoms in total. The Morgan fingerprint density at radius 1 is 1.04 bits per heavy atom. The van der Waals surface area contributed by atoms with Gasteiger partial charge < -0.3 is 20.1 Å². The van der Waals surface area contributed by atoms with E-state index >= 15 is 0 Å². The van der Waals surface area contributed by atoms with Gasteiger partial charge in [-0.3, -0.25) is 4.99 Å². The second-order valence-corrected chi connectivity index (χ2v) is 5.17. The molecule has 0 spiro atoms. The Balaban J connectivity index is 2.10. The molecule has 0 saturated heterocycles. The lowest BCUT2D eigenvalue weighted by Crippen LogP contribution is -2.39. The smallest absolute Gasteiger partial charge is 0.191 e. The molecule has 0 heterocycles. The van der Waals surface area contributed by atoms with Crippen LogP contribution in [-0.2, 0) is 4.74 Å². The molecule has 24 heavy (non-hydrogen) atoms. The number of ether oxygens (including phenoxy) is 2. The van der Waals surface area contributed by atoms with Crippen LogP contribution in [-0.4, -0.2) is 45.9 Å². The predicted molar refractivity (Wildman–Crippen MR) is 91.6 cm³/mol. The van der Waals surface area contributed by atoms with Gasteiger partial charge in [0.1, 0.15) is 12.4 Å². The van der Waals surface area contributed by atoms with Gasteiger partial charge in [-0.2, -0.15) is 0 Å². The number of nitrogens with zero attached hydrogens (tertiary/aromatic N) is 1. The van der Waals surface area contributed by atoms with E-state index in [1.165, 1.54) is 6.07 Å². The van der Waals surface area contributed by atoms with Crippen molar-refractivity contribution in [3.8, 4) is 5.75 Å². The molecule has 2 N–H and O–H groups in total. The van der Waals surface area contributed by atoms with Gasteiger partial charge in [0.25, 0.3) is 0 Å². The first-order valence-corrected chi connectivity index (χ1v) is 8.27. The van der Waals surface area contributed by atoms with Crippen LogP contribution in [0, 0.1) is 11.6 Å². The first-order chi connectivity index (χ1) is 11.7. The van der Waals surface area contributed by atoms with Crippen molar-refractivity contribution in [2.45, 2.75) is 26.2 Å². The van der Waals surface area contributed by atoms with E-state index in [9.17, 15) is 8.78 Å². The maximum atomic E-state index is 13.0. The molecule has 0 unspecified atom stereocenters. The van der Waals surface area contributed by atoms with Gasteiger partial charge in [-0.15, -0.1) is 0 Å². The highest BCUT2D eigenvalue weighted by molar-refractivity contribution is 5.79. The second kappa shape index (κ2) is 12.5. The highest BCUT2D eigenvalue weighted by Gasteiger charge is 2.03. The standard InChI is InChI=1S/C17H27F2N3O2/c1-3-4-10-23-11-5-8-21-17(20-2)22-9-12-24-14-6-7-15(18)16(19)13-14/h6-7,13H,3-5,8-12H2,1-2H3,(H2,20,21,22). The van der Waals surface area contributed by atoms with Gasteiger partial charge in [-0.25, -0.2) is 8.78 Å². The molecule has 0 saturated carbocycles. The van der Waals surface area contributed by atoms with Gasteiger partial charge in [0, 0.05) is 32.9 Å². The quantitative estimate of drug-likeness (QED) is 0.368. The SMILES string of the molecule is CCCCOCCCNC(=NC)NCCOc1ccc(F)c(F)c1. The molecule has 0 fully saturated rings. The summed E-state index contributed by atoms with van der Waals surface area (Å²) in [6, 6.07) is 3.46. The first kappa shape index (κ1) is 20.2. The molecule has 0 aromatic heterocycles. The molecule has 0 aliphatic carbocycles. The number of hydrogen-bond acceptors (Lipinski definition) is 3. The van der Waals surface area contributed by atoms with E-state index in [0.29, 0.717) is 24.9 Å².